The molecule has 0 unspecified atom stereocenters. The zero-order chi connectivity index (χ0) is 10.3. The maximum absolute atomic E-state index is 4.33. The summed E-state index contributed by atoms with van der Waals surface area (Å²) in [4.78, 5) is 7.97. The van der Waals surface area contributed by atoms with E-state index in [-0.39, 0.29) is 0 Å². The first-order valence-electron chi connectivity index (χ1n) is 4.46. The van der Waals surface area contributed by atoms with Gasteiger partial charge in [-0.25, -0.2) is 9.97 Å². The normalized spacial score (nSPS) is 9.33. The summed E-state index contributed by atoms with van der Waals surface area (Å²) < 4.78 is 4.33. The quantitative estimate of drug-likeness (QED) is 0.557. The van der Waals surface area contributed by atoms with Crippen molar-refractivity contribution < 1.29 is 4.52 Å². The van der Waals surface area contributed by atoms with Gasteiger partial charge < -0.3 is 4.52 Å². The molecule has 0 bridgehead atoms. The predicted molar refractivity (Wildman–Crippen MR) is 56.0 cm³/mol. The van der Waals surface area contributed by atoms with Crippen LogP contribution in [0.3, 0.4) is 0 Å². The number of fused-ring (bicyclic) bond motifs is 1. The summed E-state index contributed by atoms with van der Waals surface area (Å²) in [6.45, 7) is 0. The lowest BCUT2D eigenvalue weighted by molar-refractivity contribution is 0.420. The van der Waals surface area contributed by atoms with E-state index >= 15 is 0 Å². The highest BCUT2D eigenvalue weighted by Crippen LogP contribution is 2.06. The molecule has 0 N–H and O–H groups in total. The van der Waals surface area contributed by atoms with Crippen molar-refractivity contribution in [3.8, 4) is 0 Å². The van der Waals surface area contributed by atoms with E-state index in [0.717, 1.165) is 10.9 Å². The molecular weight excluding hydrogens is 190 g/mol. The molecular formula is C11H9N3O. The first-order chi connectivity index (χ1) is 7.47. The Morgan fingerprint density at radius 3 is 2.67 bits per heavy atom. The van der Waals surface area contributed by atoms with Crippen LogP contribution in [-0.4, -0.2) is 15.1 Å². The second-order valence-electron chi connectivity index (χ2n) is 2.77. The highest BCUT2D eigenvalue weighted by atomic mass is 16.5. The van der Waals surface area contributed by atoms with Crippen molar-refractivity contribution in [2.24, 2.45) is 0 Å². The monoisotopic (exact) mass is 199 g/mol. The molecule has 0 radical (unpaired) electrons. The van der Waals surface area contributed by atoms with Crippen LogP contribution < -0.4 is 0 Å². The summed E-state index contributed by atoms with van der Waals surface area (Å²) in [5, 5.41) is 4.44. The van der Waals surface area contributed by atoms with Crippen molar-refractivity contribution in [1.29, 1.82) is 0 Å². The van der Waals surface area contributed by atoms with Gasteiger partial charge in [0.25, 0.3) is 0 Å². The third-order valence-corrected chi connectivity index (χ3v) is 1.76. The molecule has 74 valence electrons. The summed E-state index contributed by atoms with van der Waals surface area (Å²) in [5.74, 6) is 0. The number of benzene rings is 1. The van der Waals surface area contributed by atoms with Gasteiger partial charge in [0.15, 0.2) is 0 Å². The van der Waals surface area contributed by atoms with Crippen LogP contribution >= 0.6 is 0 Å². The van der Waals surface area contributed by atoms with Crippen molar-refractivity contribution in [3.63, 3.8) is 0 Å². The van der Waals surface area contributed by atoms with E-state index < -0.39 is 0 Å². The number of hydrogen-bond acceptors (Lipinski definition) is 4. The fraction of sp³-hybridized carbons (Fsp3) is 0. The third kappa shape index (κ3) is 2.60. The van der Waals surface area contributed by atoms with Crippen LogP contribution in [0.25, 0.3) is 10.9 Å². The predicted octanol–water partition coefficient (Wildman–Crippen LogP) is 2.30. The maximum atomic E-state index is 4.33. The Kier molecular flexibility index (Phi) is 3.02. The molecule has 3 aromatic rings. The molecule has 0 fully saturated rings. The Bertz CT molecular complexity index is 425. The number of nitrogens with zero attached hydrogens (tertiary/aromatic N) is 3. The van der Waals surface area contributed by atoms with Crippen molar-refractivity contribution in [2.75, 3.05) is 0 Å². The highest BCUT2D eigenvalue weighted by Gasteiger charge is 1.87. The molecule has 1 aromatic carbocycles. The van der Waals surface area contributed by atoms with E-state index in [9.17, 15) is 0 Å². The summed E-state index contributed by atoms with van der Waals surface area (Å²) >= 11 is 0. The molecule has 0 saturated carbocycles. The standard InChI is InChI=1S/C8H6N2.C3H3NO/c1-2-4-8-7(3-1)5-9-6-10-8;1-2-4-5-3-1/h1-6H;1-3H. The SMILES string of the molecule is c1ccc2ncncc2c1.c1cnoc1. The molecule has 3 rings (SSSR count). The van der Waals surface area contributed by atoms with E-state index in [4.69, 9.17) is 0 Å². The van der Waals surface area contributed by atoms with Crippen LogP contribution in [0.2, 0.25) is 0 Å². The summed E-state index contributed by atoms with van der Waals surface area (Å²) in [6.07, 6.45) is 6.46. The summed E-state index contributed by atoms with van der Waals surface area (Å²) in [7, 11) is 0. The number of hydrogen-bond donors (Lipinski definition) is 0. The molecule has 0 amide bonds. The first kappa shape index (κ1) is 9.33. The smallest absolute Gasteiger partial charge is 0.123 e. The van der Waals surface area contributed by atoms with Gasteiger partial charge in [-0.3, -0.25) is 0 Å². The van der Waals surface area contributed by atoms with Crippen LogP contribution in [-0.2, 0) is 0 Å². The largest absolute Gasteiger partial charge is 0.365 e. The lowest BCUT2D eigenvalue weighted by atomic mass is 10.2. The molecule has 0 spiro atoms. The zero-order valence-corrected chi connectivity index (χ0v) is 7.95. The Hall–Kier alpha value is -2.23. The Morgan fingerprint density at radius 2 is 2.00 bits per heavy atom. The number of para-hydroxylation sites is 1. The van der Waals surface area contributed by atoms with Crippen molar-refractivity contribution in [1.82, 2.24) is 15.1 Å². The average molecular weight is 199 g/mol. The Morgan fingerprint density at radius 1 is 1.07 bits per heavy atom. The fourth-order valence-corrected chi connectivity index (χ4v) is 1.10. The van der Waals surface area contributed by atoms with Crippen molar-refractivity contribution in [3.05, 3.63) is 55.3 Å². The molecule has 4 heteroatoms. The maximum Gasteiger partial charge on any atom is 0.123 e. The molecule has 0 aliphatic carbocycles. The number of rotatable bonds is 0. The average Bonchev–Trinajstić information content (AvgIpc) is 2.88. The molecule has 15 heavy (non-hydrogen) atoms. The van der Waals surface area contributed by atoms with Gasteiger partial charge in [-0.2, -0.15) is 0 Å². The molecule has 4 nitrogen and oxygen atoms in total. The Balaban J connectivity index is 0.000000144. The van der Waals surface area contributed by atoms with Crippen LogP contribution in [0.5, 0.6) is 0 Å². The van der Waals surface area contributed by atoms with Crippen LogP contribution in [0, 0.1) is 0 Å². The van der Waals surface area contributed by atoms with Gasteiger partial charge >= 0.3 is 0 Å². The van der Waals surface area contributed by atoms with E-state index in [1.165, 1.54) is 6.26 Å². The van der Waals surface area contributed by atoms with Gasteiger partial charge in [0.05, 0.1) is 11.7 Å². The van der Waals surface area contributed by atoms with Gasteiger partial charge in [-0.1, -0.05) is 23.4 Å². The molecule has 0 atom stereocenters. The summed E-state index contributed by atoms with van der Waals surface area (Å²) in [6, 6.07) is 9.63. The van der Waals surface area contributed by atoms with Gasteiger partial charge in [0, 0.05) is 11.6 Å². The zero-order valence-electron chi connectivity index (χ0n) is 7.95. The van der Waals surface area contributed by atoms with Gasteiger partial charge in [0.2, 0.25) is 0 Å². The molecule has 0 saturated heterocycles. The third-order valence-electron chi connectivity index (χ3n) is 1.76. The number of aromatic nitrogens is 3. The lowest BCUT2D eigenvalue weighted by Gasteiger charge is -1.90. The van der Waals surface area contributed by atoms with Crippen LogP contribution in [0.15, 0.2) is 59.8 Å². The lowest BCUT2D eigenvalue weighted by Crippen LogP contribution is -1.77. The molecule has 2 aromatic heterocycles. The minimum absolute atomic E-state index is 0.998. The van der Waals surface area contributed by atoms with E-state index in [0.29, 0.717) is 0 Å². The highest BCUT2D eigenvalue weighted by molar-refractivity contribution is 5.76. The van der Waals surface area contributed by atoms with E-state index in [1.54, 1.807) is 18.6 Å². The first-order valence-corrected chi connectivity index (χ1v) is 4.46. The fourth-order valence-electron chi connectivity index (χ4n) is 1.10. The molecule has 0 aliphatic rings. The molecule has 2 heterocycles. The minimum Gasteiger partial charge on any atom is -0.365 e. The van der Waals surface area contributed by atoms with E-state index in [2.05, 4.69) is 19.6 Å². The van der Waals surface area contributed by atoms with Gasteiger partial charge in [-0.05, 0) is 12.1 Å². The van der Waals surface area contributed by atoms with Crippen LogP contribution in [0.4, 0.5) is 0 Å². The minimum atomic E-state index is 0.998. The topological polar surface area (TPSA) is 51.8 Å². The second-order valence-corrected chi connectivity index (χ2v) is 2.77. The molecule has 0 aliphatic heterocycles. The van der Waals surface area contributed by atoms with Gasteiger partial charge in [0.1, 0.15) is 12.6 Å². The second kappa shape index (κ2) is 4.85. The van der Waals surface area contributed by atoms with Crippen LogP contribution in [0.1, 0.15) is 0 Å². The van der Waals surface area contributed by atoms with Crippen molar-refractivity contribution in [2.45, 2.75) is 0 Å². The Labute approximate surface area is 86.6 Å². The van der Waals surface area contributed by atoms with Crippen molar-refractivity contribution >= 4 is 10.9 Å². The van der Waals surface area contributed by atoms with Gasteiger partial charge in [-0.15, -0.1) is 0 Å². The summed E-state index contributed by atoms with van der Waals surface area (Å²) in [5.41, 5.74) is 0.998. The van der Waals surface area contributed by atoms with E-state index in [1.807, 2.05) is 30.5 Å².